The molecule has 0 aliphatic rings. The summed E-state index contributed by atoms with van der Waals surface area (Å²) < 4.78 is 18.5. The molecule has 0 fully saturated rings. The van der Waals surface area contributed by atoms with Crippen LogP contribution in [0.4, 0.5) is 4.39 Å². The molecule has 2 unspecified atom stereocenters. The minimum Gasteiger partial charge on any atom is -0.480 e. The van der Waals surface area contributed by atoms with Gasteiger partial charge >= 0.3 is 5.97 Å². The van der Waals surface area contributed by atoms with E-state index in [2.05, 4.69) is 11.2 Å². The summed E-state index contributed by atoms with van der Waals surface area (Å²) in [6.45, 7) is 1.39. The molecule has 0 aliphatic heterocycles. The van der Waals surface area contributed by atoms with Crippen LogP contribution >= 0.6 is 0 Å². The highest BCUT2D eigenvalue weighted by molar-refractivity contribution is 5.86. The fourth-order valence-corrected chi connectivity index (χ4v) is 1.39. The monoisotopic (exact) mass is 279 g/mol. The lowest BCUT2D eigenvalue weighted by Crippen LogP contribution is -2.46. The molecule has 5 nitrogen and oxygen atoms in total. The lowest BCUT2D eigenvalue weighted by molar-refractivity contribution is -0.142. The smallest absolute Gasteiger partial charge is 0.327 e. The summed E-state index contributed by atoms with van der Waals surface area (Å²) in [5.41, 5.74) is 0. The summed E-state index contributed by atoms with van der Waals surface area (Å²) in [4.78, 5) is 22.6. The number of benzene rings is 1. The average molecular weight is 279 g/mol. The first-order valence-corrected chi connectivity index (χ1v) is 5.83. The number of carbonyl (C=O) groups excluding carboxylic acids is 1. The summed E-state index contributed by atoms with van der Waals surface area (Å²) in [6, 6.07) is 4.41. The van der Waals surface area contributed by atoms with Crippen molar-refractivity contribution in [2.24, 2.45) is 0 Å². The SMILES string of the molecule is C#CCC(NC(=O)C(C)Oc1ccccc1F)C(=O)O. The van der Waals surface area contributed by atoms with Crippen molar-refractivity contribution in [1.29, 1.82) is 0 Å². The number of terminal acetylenes is 1. The van der Waals surface area contributed by atoms with Gasteiger partial charge in [-0.05, 0) is 19.1 Å². The molecule has 0 aromatic heterocycles. The third-order valence-electron chi connectivity index (χ3n) is 2.45. The average Bonchev–Trinajstić information content (AvgIpc) is 2.40. The Labute approximate surface area is 115 Å². The predicted molar refractivity (Wildman–Crippen MR) is 69.5 cm³/mol. The highest BCUT2D eigenvalue weighted by atomic mass is 19.1. The summed E-state index contributed by atoms with van der Waals surface area (Å²) in [5, 5.41) is 11.1. The minimum atomic E-state index is -1.24. The summed E-state index contributed by atoms with van der Waals surface area (Å²) in [6.07, 6.45) is 3.82. The highest BCUT2D eigenvalue weighted by Crippen LogP contribution is 2.17. The largest absolute Gasteiger partial charge is 0.480 e. The maximum Gasteiger partial charge on any atom is 0.327 e. The van der Waals surface area contributed by atoms with Crippen molar-refractivity contribution in [1.82, 2.24) is 5.32 Å². The molecule has 1 amide bonds. The number of hydrogen-bond donors (Lipinski definition) is 2. The van der Waals surface area contributed by atoms with Crippen molar-refractivity contribution in [2.45, 2.75) is 25.5 Å². The van der Waals surface area contributed by atoms with Gasteiger partial charge in [-0.25, -0.2) is 9.18 Å². The van der Waals surface area contributed by atoms with Gasteiger partial charge in [0.15, 0.2) is 17.7 Å². The van der Waals surface area contributed by atoms with Crippen LogP contribution in [0.15, 0.2) is 24.3 Å². The summed E-state index contributed by atoms with van der Waals surface area (Å²) in [7, 11) is 0. The van der Waals surface area contributed by atoms with E-state index in [-0.39, 0.29) is 12.2 Å². The predicted octanol–water partition coefficient (Wildman–Crippen LogP) is 1.19. The van der Waals surface area contributed by atoms with E-state index >= 15 is 0 Å². The molecule has 1 aromatic carbocycles. The normalized spacial score (nSPS) is 12.8. The maximum atomic E-state index is 13.3. The van der Waals surface area contributed by atoms with Crippen molar-refractivity contribution in [3.05, 3.63) is 30.1 Å². The molecule has 0 heterocycles. The Hall–Kier alpha value is -2.55. The number of nitrogens with one attached hydrogen (secondary N) is 1. The maximum absolute atomic E-state index is 13.3. The number of ether oxygens (including phenoxy) is 1. The summed E-state index contributed by atoms with van der Waals surface area (Å²) >= 11 is 0. The number of para-hydroxylation sites is 1. The molecule has 0 bridgehead atoms. The first kappa shape index (κ1) is 15.5. The number of halogens is 1. The first-order valence-electron chi connectivity index (χ1n) is 5.83. The Bertz CT molecular complexity index is 538. The van der Waals surface area contributed by atoms with Crippen LogP contribution in [0.1, 0.15) is 13.3 Å². The highest BCUT2D eigenvalue weighted by Gasteiger charge is 2.23. The third-order valence-corrected chi connectivity index (χ3v) is 2.45. The molecule has 2 atom stereocenters. The molecule has 0 radical (unpaired) electrons. The van der Waals surface area contributed by atoms with E-state index in [0.29, 0.717) is 0 Å². The van der Waals surface area contributed by atoms with Crippen LogP contribution in [0.3, 0.4) is 0 Å². The molecule has 1 rings (SSSR count). The van der Waals surface area contributed by atoms with Crippen molar-refractivity contribution < 1.29 is 23.8 Å². The zero-order valence-electron chi connectivity index (χ0n) is 10.8. The molecular weight excluding hydrogens is 265 g/mol. The van der Waals surface area contributed by atoms with Gasteiger partial charge in [0.25, 0.3) is 5.91 Å². The van der Waals surface area contributed by atoms with Crippen LogP contribution in [0.5, 0.6) is 5.75 Å². The number of aliphatic carboxylic acids is 1. The Morgan fingerprint density at radius 1 is 1.50 bits per heavy atom. The molecular formula is C14H14FNO4. The molecule has 1 aromatic rings. The van der Waals surface area contributed by atoms with E-state index in [1.54, 1.807) is 6.07 Å². The van der Waals surface area contributed by atoms with E-state index in [0.717, 1.165) is 0 Å². The fraction of sp³-hybridized carbons (Fsp3) is 0.286. The van der Waals surface area contributed by atoms with Crippen molar-refractivity contribution in [3.63, 3.8) is 0 Å². The first-order chi connectivity index (χ1) is 9.45. The van der Waals surface area contributed by atoms with Crippen molar-refractivity contribution in [2.75, 3.05) is 0 Å². The zero-order valence-corrected chi connectivity index (χ0v) is 10.8. The van der Waals surface area contributed by atoms with Gasteiger partial charge < -0.3 is 15.2 Å². The fourth-order valence-electron chi connectivity index (χ4n) is 1.39. The van der Waals surface area contributed by atoms with E-state index < -0.39 is 29.8 Å². The number of carboxylic acids is 1. The molecule has 0 spiro atoms. The molecule has 2 N–H and O–H groups in total. The Balaban J connectivity index is 2.66. The Morgan fingerprint density at radius 3 is 2.70 bits per heavy atom. The molecule has 0 aliphatic carbocycles. The molecule has 106 valence electrons. The standard InChI is InChI=1S/C14H14FNO4/c1-3-6-11(14(18)19)16-13(17)9(2)20-12-8-5-4-7-10(12)15/h1,4-5,7-9,11H,6H2,2H3,(H,16,17)(H,18,19). The van der Waals surface area contributed by atoms with Crippen LogP contribution < -0.4 is 10.1 Å². The van der Waals surface area contributed by atoms with E-state index in [9.17, 15) is 14.0 Å². The Kier molecular flexibility index (Phi) is 5.54. The van der Waals surface area contributed by atoms with Crippen LogP contribution in [0, 0.1) is 18.2 Å². The van der Waals surface area contributed by atoms with Crippen LogP contribution in [0.2, 0.25) is 0 Å². The third kappa shape index (κ3) is 4.28. The number of carboxylic acid groups (broad SMARTS) is 1. The van der Waals surface area contributed by atoms with Crippen molar-refractivity contribution in [3.8, 4) is 18.1 Å². The van der Waals surface area contributed by atoms with Gasteiger partial charge in [-0.2, -0.15) is 0 Å². The van der Waals surface area contributed by atoms with E-state index in [1.807, 2.05) is 0 Å². The van der Waals surface area contributed by atoms with Crippen LogP contribution in [-0.2, 0) is 9.59 Å². The van der Waals surface area contributed by atoms with Gasteiger partial charge in [0.05, 0.1) is 0 Å². The van der Waals surface area contributed by atoms with Gasteiger partial charge in [-0.3, -0.25) is 4.79 Å². The number of amides is 1. The van der Waals surface area contributed by atoms with Gasteiger partial charge in [-0.15, -0.1) is 12.3 Å². The zero-order chi connectivity index (χ0) is 15.1. The minimum absolute atomic E-state index is 0.0843. The molecule has 20 heavy (non-hydrogen) atoms. The van der Waals surface area contributed by atoms with Gasteiger partial charge in [0.1, 0.15) is 6.04 Å². The van der Waals surface area contributed by atoms with Gasteiger partial charge in [-0.1, -0.05) is 12.1 Å². The van der Waals surface area contributed by atoms with Gasteiger partial charge in [0.2, 0.25) is 0 Å². The topological polar surface area (TPSA) is 75.6 Å². The Morgan fingerprint density at radius 2 is 2.15 bits per heavy atom. The number of hydrogen-bond acceptors (Lipinski definition) is 3. The second kappa shape index (κ2) is 7.14. The van der Waals surface area contributed by atoms with Gasteiger partial charge in [0, 0.05) is 6.42 Å². The van der Waals surface area contributed by atoms with Crippen LogP contribution in [-0.4, -0.2) is 29.1 Å². The van der Waals surface area contributed by atoms with Crippen molar-refractivity contribution >= 4 is 11.9 Å². The molecule has 0 saturated heterocycles. The summed E-state index contributed by atoms with van der Waals surface area (Å²) in [5.74, 6) is -0.460. The number of rotatable bonds is 6. The van der Waals surface area contributed by atoms with E-state index in [1.165, 1.54) is 25.1 Å². The lowest BCUT2D eigenvalue weighted by atomic mass is 10.2. The second-order valence-electron chi connectivity index (χ2n) is 4.00. The van der Waals surface area contributed by atoms with E-state index in [4.69, 9.17) is 16.3 Å². The number of carbonyl (C=O) groups is 2. The molecule has 6 heteroatoms. The second-order valence-corrected chi connectivity index (χ2v) is 4.00. The molecule has 0 saturated carbocycles. The lowest BCUT2D eigenvalue weighted by Gasteiger charge is -2.17. The quantitative estimate of drug-likeness (QED) is 0.767. The van der Waals surface area contributed by atoms with Crippen LogP contribution in [0.25, 0.3) is 0 Å².